The fourth-order valence-electron chi connectivity index (χ4n) is 2.80. The number of benzene rings is 1. The lowest BCUT2D eigenvalue weighted by molar-refractivity contribution is 0.0994. The first-order valence-electron chi connectivity index (χ1n) is 6.41. The molecular weight excluding hydrogens is 236 g/mol. The Morgan fingerprint density at radius 3 is 3.00 bits per heavy atom. The van der Waals surface area contributed by atoms with Gasteiger partial charge >= 0.3 is 0 Å². The number of carbonyl (C=O) groups is 1. The van der Waals surface area contributed by atoms with Crippen molar-refractivity contribution in [3.8, 4) is 11.3 Å². The standard InChI is InChI=1S/C16H12N2O/c19-15-7-5-11-10-12(4-6-13(11)15)14-2-1-3-16-17-8-9-18(14)16/h1-4,6,8-10H,5,7H2. The van der Waals surface area contributed by atoms with E-state index in [1.54, 1.807) is 6.20 Å². The molecule has 1 aromatic carbocycles. The lowest BCUT2D eigenvalue weighted by atomic mass is 10.0. The van der Waals surface area contributed by atoms with E-state index in [9.17, 15) is 4.79 Å². The summed E-state index contributed by atoms with van der Waals surface area (Å²) in [6.45, 7) is 0. The predicted molar refractivity (Wildman–Crippen MR) is 73.3 cm³/mol. The molecule has 0 radical (unpaired) electrons. The first-order valence-corrected chi connectivity index (χ1v) is 6.41. The SMILES string of the molecule is O=C1CCc2cc(-c3cccc4nccn34)ccc21. The van der Waals surface area contributed by atoms with Gasteiger partial charge < -0.3 is 0 Å². The maximum Gasteiger partial charge on any atom is 0.163 e. The van der Waals surface area contributed by atoms with Crippen molar-refractivity contribution < 1.29 is 4.79 Å². The van der Waals surface area contributed by atoms with E-state index in [0.717, 1.165) is 28.9 Å². The molecule has 0 saturated carbocycles. The monoisotopic (exact) mass is 248 g/mol. The molecule has 0 aliphatic heterocycles. The predicted octanol–water partition coefficient (Wildman–Crippen LogP) is 3.13. The van der Waals surface area contributed by atoms with Gasteiger partial charge in [-0.25, -0.2) is 4.98 Å². The van der Waals surface area contributed by atoms with Gasteiger partial charge in [0, 0.05) is 24.4 Å². The van der Waals surface area contributed by atoms with Gasteiger partial charge in [-0.3, -0.25) is 9.20 Å². The van der Waals surface area contributed by atoms with Gasteiger partial charge in [-0.1, -0.05) is 18.2 Å². The zero-order valence-corrected chi connectivity index (χ0v) is 10.3. The van der Waals surface area contributed by atoms with Crippen molar-refractivity contribution in [2.75, 3.05) is 0 Å². The molecule has 0 N–H and O–H groups in total. The molecule has 0 spiro atoms. The molecule has 0 fully saturated rings. The molecule has 3 nitrogen and oxygen atoms in total. The second kappa shape index (κ2) is 3.79. The van der Waals surface area contributed by atoms with E-state index in [4.69, 9.17) is 0 Å². The number of ketones is 1. The van der Waals surface area contributed by atoms with Crippen LogP contribution in [-0.4, -0.2) is 15.2 Å². The van der Waals surface area contributed by atoms with Gasteiger partial charge in [-0.15, -0.1) is 0 Å². The highest BCUT2D eigenvalue weighted by molar-refractivity contribution is 6.00. The average molecular weight is 248 g/mol. The van der Waals surface area contributed by atoms with E-state index in [1.807, 2.05) is 30.5 Å². The summed E-state index contributed by atoms with van der Waals surface area (Å²) in [6.07, 6.45) is 5.27. The molecular formula is C16H12N2O. The fraction of sp³-hybridized carbons (Fsp3) is 0.125. The lowest BCUT2D eigenvalue weighted by Gasteiger charge is -2.07. The van der Waals surface area contributed by atoms with Crippen LogP contribution in [0.4, 0.5) is 0 Å². The van der Waals surface area contributed by atoms with Crippen LogP contribution in [0.2, 0.25) is 0 Å². The quantitative estimate of drug-likeness (QED) is 0.663. The van der Waals surface area contributed by atoms with E-state index >= 15 is 0 Å². The molecule has 19 heavy (non-hydrogen) atoms. The first-order chi connectivity index (χ1) is 9.33. The minimum Gasteiger partial charge on any atom is -0.300 e. The molecule has 3 aromatic rings. The van der Waals surface area contributed by atoms with Crippen molar-refractivity contribution in [2.45, 2.75) is 12.8 Å². The molecule has 3 heteroatoms. The van der Waals surface area contributed by atoms with Crippen LogP contribution in [0.25, 0.3) is 16.9 Å². The van der Waals surface area contributed by atoms with Crippen LogP contribution in [0.3, 0.4) is 0 Å². The maximum absolute atomic E-state index is 11.7. The van der Waals surface area contributed by atoms with E-state index < -0.39 is 0 Å². The number of aromatic nitrogens is 2. The number of imidazole rings is 1. The molecule has 2 aromatic heterocycles. The Morgan fingerprint density at radius 1 is 1.11 bits per heavy atom. The third-order valence-electron chi connectivity index (χ3n) is 3.75. The summed E-state index contributed by atoms with van der Waals surface area (Å²) in [6, 6.07) is 12.2. The Hall–Kier alpha value is -2.42. The summed E-state index contributed by atoms with van der Waals surface area (Å²) >= 11 is 0. The molecule has 0 amide bonds. The summed E-state index contributed by atoms with van der Waals surface area (Å²) in [5, 5.41) is 0. The van der Waals surface area contributed by atoms with Crippen LogP contribution >= 0.6 is 0 Å². The van der Waals surface area contributed by atoms with Gasteiger partial charge in [-0.05, 0) is 35.7 Å². The smallest absolute Gasteiger partial charge is 0.163 e. The molecule has 4 rings (SSSR count). The van der Waals surface area contributed by atoms with Gasteiger partial charge in [0.25, 0.3) is 0 Å². The van der Waals surface area contributed by atoms with E-state index in [2.05, 4.69) is 21.5 Å². The number of carbonyl (C=O) groups excluding carboxylic acids is 1. The Bertz CT molecular complexity index is 801. The zero-order chi connectivity index (χ0) is 12.8. The van der Waals surface area contributed by atoms with Crippen LogP contribution in [0, 0.1) is 0 Å². The van der Waals surface area contributed by atoms with E-state index in [0.29, 0.717) is 6.42 Å². The topological polar surface area (TPSA) is 34.4 Å². The molecule has 1 aliphatic carbocycles. The molecule has 0 saturated heterocycles. The minimum atomic E-state index is 0.266. The summed E-state index contributed by atoms with van der Waals surface area (Å²) in [5.41, 5.74) is 5.24. The van der Waals surface area contributed by atoms with E-state index in [-0.39, 0.29) is 5.78 Å². The summed E-state index contributed by atoms with van der Waals surface area (Å²) in [4.78, 5) is 16.0. The summed E-state index contributed by atoms with van der Waals surface area (Å²) < 4.78 is 2.07. The zero-order valence-electron chi connectivity index (χ0n) is 10.3. The molecule has 0 atom stereocenters. The maximum atomic E-state index is 11.7. The number of pyridine rings is 1. The van der Waals surface area contributed by atoms with Crippen molar-refractivity contribution in [3.05, 3.63) is 59.9 Å². The Kier molecular flexibility index (Phi) is 2.09. The number of nitrogens with zero attached hydrogens (tertiary/aromatic N) is 2. The minimum absolute atomic E-state index is 0.266. The number of hydrogen-bond acceptors (Lipinski definition) is 2. The number of rotatable bonds is 1. The second-order valence-electron chi connectivity index (χ2n) is 4.86. The van der Waals surface area contributed by atoms with Gasteiger partial charge in [0.1, 0.15) is 5.65 Å². The summed E-state index contributed by atoms with van der Waals surface area (Å²) in [7, 11) is 0. The van der Waals surface area contributed by atoms with Crippen molar-refractivity contribution >= 4 is 11.4 Å². The van der Waals surface area contributed by atoms with Crippen LogP contribution < -0.4 is 0 Å². The van der Waals surface area contributed by atoms with Gasteiger partial charge in [-0.2, -0.15) is 0 Å². The van der Waals surface area contributed by atoms with Gasteiger partial charge in [0.15, 0.2) is 5.78 Å². The lowest BCUT2D eigenvalue weighted by Crippen LogP contribution is -1.94. The Labute approximate surface area is 110 Å². The highest BCUT2D eigenvalue weighted by atomic mass is 16.1. The van der Waals surface area contributed by atoms with Crippen molar-refractivity contribution in [1.29, 1.82) is 0 Å². The second-order valence-corrected chi connectivity index (χ2v) is 4.86. The average Bonchev–Trinajstić information content (AvgIpc) is 3.05. The molecule has 1 aliphatic rings. The van der Waals surface area contributed by atoms with Crippen LogP contribution in [0.15, 0.2) is 48.8 Å². The molecule has 2 heterocycles. The van der Waals surface area contributed by atoms with Crippen molar-refractivity contribution in [3.63, 3.8) is 0 Å². The van der Waals surface area contributed by atoms with Crippen molar-refractivity contribution in [1.82, 2.24) is 9.38 Å². The fourth-order valence-corrected chi connectivity index (χ4v) is 2.80. The number of fused-ring (bicyclic) bond motifs is 2. The highest BCUT2D eigenvalue weighted by Crippen LogP contribution is 2.28. The van der Waals surface area contributed by atoms with Gasteiger partial charge in [0.2, 0.25) is 0 Å². The molecule has 92 valence electrons. The van der Waals surface area contributed by atoms with Crippen LogP contribution in [-0.2, 0) is 6.42 Å². The number of hydrogen-bond donors (Lipinski definition) is 0. The highest BCUT2D eigenvalue weighted by Gasteiger charge is 2.19. The third-order valence-corrected chi connectivity index (χ3v) is 3.75. The largest absolute Gasteiger partial charge is 0.300 e. The number of aryl methyl sites for hydroxylation is 1. The summed E-state index contributed by atoms with van der Waals surface area (Å²) in [5.74, 6) is 0.266. The normalized spacial score (nSPS) is 14.0. The van der Waals surface area contributed by atoms with Gasteiger partial charge in [0.05, 0.1) is 5.69 Å². The van der Waals surface area contributed by atoms with Crippen LogP contribution in [0.1, 0.15) is 22.3 Å². The van der Waals surface area contributed by atoms with Crippen LogP contribution in [0.5, 0.6) is 0 Å². The van der Waals surface area contributed by atoms with Crippen molar-refractivity contribution in [2.24, 2.45) is 0 Å². The first kappa shape index (κ1) is 10.5. The Balaban J connectivity index is 1.93. The molecule has 0 bridgehead atoms. The Morgan fingerprint density at radius 2 is 2.05 bits per heavy atom. The third kappa shape index (κ3) is 1.51. The number of Topliss-reactive ketones (excluding diaryl/α,β-unsaturated/α-hetero) is 1. The van der Waals surface area contributed by atoms with E-state index in [1.165, 1.54) is 5.56 Å². The molecule has 0 unspecified atom stereocenters.